The zero-order valence-electron chi connectivity index (χ0n) is 16.4. The molecular weight excluding hydrogens is 376 g/mol. The minimum Gasteiger partial charge on any atom is -0.497 e. The molecule has 0 aliphatic heterocycles. The fraction of sp³-hybridized carbons (Fsp3) is 0.286. The van der Waals surface area contributed by atoms with Gasteiger partial charge in [-0.25, -0.2) is 9.97 Å². The molecular formula is C21H23ClN4O2. The van der Waals surface area contributed by atoms with Crippen molar-refractivity contribution < 1.29 is 9.47 Å². The van der Waals surface area contributed by atoms with Crippen LogP contribution < -0.4 is 14.4 Å². The Bertz CT molecular complexity index is 945. The summed E-state index contributed by atoms with van der Waals surface area (Å²) in [6.07, 6.45) is 3.66. The van der Waals surface area contributed by atoms with Crippen LogP contribution in [0.5, 0.6) is 11.5 Å². The van der Waals surface area contributed by atoms with E-state index < -0.39 is 0 Å². The van der Waals surface area contributed by atoms with Crippen molar-refractivity contribution in [2.45, 2.75) is 26.9 Å². The van der Waals surface area contributed by atoms with E-state index >= 15 is 0 Å². The molecule has 3 rings (SSSR count). The predicted octanol–water partition coefficient (Wildman–Crippen LogP) is 4.37. The number of aromatic nitrogens is 3. The summed E-state index contributed by atoms with van der Waals surface area (Å²) >= 11 is 6.20. The lowest BCUT2D eigenvalue weighted by Crippen LogP contribution is -2.24. The number of nitrogens with zero attached hydrogens (tertiary/aromatic N) is 4. The molecule has 2 heterocycles. The van der Waals surface area contributed by atoms with Crippen molar-refractivity contribution >= 4 is 17.4 Å². The van der Waals surface area contributed by atoms with E-state index in [-0.39, 0.29) is 0 Å². The number of hydrogen-bond donors (Lipinski definition) is 0. The van der Waals surface area contributed by atoms with E-state index in [0.717, 1.165) is 34.0 Å². The SMILES string of the molecule is COc1ccc(CN(Cc2ccncc2C)c2cc(Cl)nc(C)n2)c(OC)c1. The Balaban J connectivity index is 2.00. The molecule has 146 valence electrons. The van der Waals surface area contributed by atoms with Crippen LogP contribution in [0.15, 0.2) is 42.7 Å². The monoisotopic (exact) mass is 398 g/mol. The molecule has 2 aromatic heterocycles. The summed E-state index contributed by atoms with van der Waals surface area (Å²) in [7, 11) is 3.29. The van der Waals surface area contributed by atoms with E-state index in [1.54, 1.807) is 26.5 Å². The number of hydrogen-bond acceptors (Lipinski definition) is 6. The highest BCUT2D eigenvalue weighted by atomic mass is 35.5. The second-order valence-corrected chi connectivity index (χ2v) is 6.82. The Labute approximate surface area is 170 Å². The summed E-state index contributed by atoms with van der Waals surface area (Å²) in [5, 5.41) is 0.417. The molecule has 3 aromatic rings. The number of methoxy groups -OCH3 is 2. The van der Waals surface area contributed by atoms with Crippen LogP contribution in [-0.4, -0.2) is 29.2 Å². The molecule has 0 saturated heterocycles. The van der Waals surface area contributed by atoms with Crippen LogP contribution in [0.2, 0.25) is 5.15 Å². The lowest BCUT2D eigenvalue weighted by molar-refractivity contribution is 0.390. The first-order valence-corrected chi connectivity index (χ1v) is 9.24. The summed E-state index contributed by atoms with van der Waals surface area (Å²) in [5.41, 5.74) is 3.29. The van der Waals surface area contributed by atoms with Crippen molar-refractivity contribution in [2.75, 3.05) is 19.1 Å². The average molecular weight is 399 g/mol. The maximum atomic E-state index is 6.20. The fourth-order valence-electron chi connectivity index (χ4n) is 2.97. The van der Waals surface area contributed by atoms with Crippen LogP contribution >= 0.6 is 11.6 Å². The van der Waals surface area contributed by atoms with Gasteiger partial charge < -0.3 is 14.4 Å². The molecule has 0 unspecified atom stereocenters. The van der Waals surface area contributed by atoms with Crippen molar-refractivity contribution in [2.24, 2.45) is 0 Å². The predicted molar refractivity (Wildman–Crippen MR) is 110 cm³/mol. The standard InChI is InChI=1S/C21H23ClN4O2/c1-14-11-23-8-7-16(14)12-26(21-10-20(22)24-15(2)25-21)13-17-5-6-18(27-3)9-19(17)28-4/h5-11H,12-13H2,1-4H3. The summed E-state index contributed by atoms with van der Waals surface area (Å²) in [4.78, 5) is 15.1. The fourth-order valence-corrected chi connectivity index (χ4v) is 3.19. The molecule has 0 aliphatic carbocycles. The number of anilines is 1. The summed E-state index contributed by atoms with van der Waals surface area (Å²) < 4.78 is 10.9. The van der Waals surface area contributed by atoms with Gasteiger partial charge in [0, 0.05) is 43.2 Å². The van der Waals surface area contributed by atoms with E-state index in [9.17, 15) is 0 Å². The number of aryl methyl sites for hydroxylation is 2. The van der Waals surface area contributed by atoms with Crippen molar-refractivity contribution in [1.29, 1.82) is 0 Å². The number of ether oxygens (including phenoxy) is 2. The van der Waals surface area contributed by atoms with Gasteiger partial charge in [-0.15, -0.1) is 0 Å². The van der Waals surface area contributed by atoms with Crippen LogP contribution in [0, 0.1) is 13.8 Å². The van der Waals surface area contributed by atoms with Crippen LogP contribution in [-0.2, 0) is 13.1 Å². The first kappa shape index (κ1) is 19.9. The van der Waals surface area contributed by atoms with Gasteiger partial charge in [-0.05, 0) is 43.2 Å². The molecule has 0 radical (unpaired) electrons. The Kier molecular flexibility index (Phi) is 6.31. The van der Waals surface area contributed by atoms with Crippen LogP contribution in [0.4, 0.5) is 5.82 Å². The maximum absolute atomic E-state index is 6.20. The zero-order chi connectivity index (χ0) is 20.1. The lowest BCUT2D eigenvalue weighted by atomic mass is 10.1. The highest BCUT2D eigenvalue weighted by molar-refractivity contribution is 6.29. The molecule has 0 fully saturated rings. The molecule has 0 N–H and O–H groups in total. The number of halogens is 1. The van der Waals surface area contributed by atoms with Crippen molar-refractivity contribution in [3.63, 3.8) is 0 Å². The summed E-state index contributed by atoms with van der Waals surface area (Å²) in [6, 6.07) is 9.60. The van der Waals surface area contributed by atoms with Crippen molar-refractivity contribution in [3.8, 4) is 11.5 Å². The second kappa shape index (κ2) is 8.89. The summed E-state index contributed by atoms with van der Waals surface area (Å²) in [6.45, 7) is 5.12. The van der Waals surface area contributed by atoms with Crippen LogP contribution in [0.3, 0.4) is 0 Å². The topological polar surface area (TPSA) is 60.4 Å². The molecule has 0 aliphatic rings. The summed E-state index contributed by atoms with van der Waals surface area (Å²) in [5.74, 6) is 2.89. The Morgan fingerprint density at radius 3 is 2.43 bits per heavy atom. The van der Waals surface area contributed by atoms with Gasteiger partial charge in [-0.2, -0.15) is 0 Å². The molecule has 0 amide bonds. The van der Waals surface area contributed by atoms with E-state index in [2.05, 4.69) is 19.9 Å². The third-order valence-corrected chi connectivity index (χ3v) is 4.66. The van der Waals surface area contributed by atoms with E-state index in [1.165, 1.54) is 0 Å². The highest BCUT2D eigenvalue weighted by Crippen LogP contribution is 2.28. The highest BCUT2D eigenvalue weighted by Gasteiger charge is 2.16. The normalized spacial score (nSPS) is 10.6. The molecule has 7 heteroatoms. The van der Waals surface area contributed by atoms with Gasteiger partial charge in [0.05, 0.1) is 14.2 Å². The van der Waals surface area contributed by atoms with Gasteiger partial charge in [-0.3, -0.25) is 4.98 Å². The average Bonchev–Trinajstić information content (AvgIpc) is 2.68. The van der Waals surface area contributed by atoms with Gasteiger partial charge in [0.1, 0.15) is 28.3 Å². The molecule has 0 atom stereocenters. The first-order chi connectivity index (χ1) is 13.5. The molecule has 1 aromatic carbocycles. The third-order valence-electron chi connectivity index (χ3n) is 4.47. The van der Waals surface area contributed by atoms with Gasteiger partial charge in [0.2, 0.25) is 0 Å². The van der Waals surface area contributed by atoms with Gasteiger partial charge in [0.15, 0.2) is 0 Å². The maximum Gasteiger partial charge on any atom is 0.134 e. The number of pyridine rings is 1. The number of rotatable bonds is 7. The largest absolute Gasteiger partial charge is 0.497 e. The quantitative estimate of drug-likeness (QED) is 0.551. The van der Waals surface area contributed by atoms with Gasteiger partial charge in [-0.1, -0.05) is 11.6 Å². The first-order valence-electron chi connectivity index (χ1n) is 8.86. The zero-order valence-corrected chi connectivity index (χ0v) is 17.2. The second-order valence-electron chi connectivity index (χ2n) is 6.43. The Hall–Kier alpha value is -2.86. The third kappa shape index (κ3) is 4.70. The molecule has 0 saturated carbocycles. The van der Waals surface area contributed by atoms with Gasteiger partial charge >= 0.3 is 0 Å². The lowest BCUT2D eigenvalue weighted by Gasteiger charge is -2.26. The van der Waals surface area contributed by atoms with Crippen LogP contribution in [0.25, 0.3) is 0 Å². The van der Waals surface area contributed by atoms with Gasteiger partial charge in [0.25, 0.3) is 0 Å². The van der Waals surface area contributed by atoms with E-state index in [4.69, 9.17) is 21.1 Å². The van der Waals surface area contributed by atoms with E-state index in [0.29, 0.717) is 24.1 Å². The Morgan fingerprint density at radius 1 is 0.964 bits per heavy atom. The van der Waals surface area contributed by atoms with Crippen molar-refractivity contribution in [3.05, 3.63) is 70.4 Å². The minimum absolute atomic E-state index is 0.417. The smallest absolute Gasteiger partial charge is 0.134 e. The number of benzene rings is 1. The van der Waals surface area contributed by atoms with Crippen LogP contribution in [0.1, 0.15) is 22.5 Å². The molecule has 28 heavy (non-hydrogen) atoms. The molecule has 0 spiro atoms. The minimum atomic E-state index is 0.417. The molecule has 0 bridgehead atoms. The molecule has 6 nitrogen and oxygen atoms in total. The van der Waals surface area contributed by atoms with Crippen molar-refractivity contribution in [1.82, 2.24) is 15.0 Å². The van der Waals surface area contributed by atoms with E-state index in [1.807, 2.05) is 44.3 Å². The Morgan fingerprint density at radius 2 is 1.75 bits per heavy atom.